The van der Waals surface area contributed by atoms with Gasteiger partial charge in [0.15, 0.2) is 5.11 Å². The Kier molecular flexibility index (Phi) is 6.23. The number of carbonyl (C=O) groups is 2. The van der Waals surface area contributed by atoms with E-state index in [1.54, 1.807) is 25.3 Å². The summed E-state index contributed by atoms with van der Waals surface area (Å²) in [5, 5.41) is 2.91. The molecule has 0 unspecified atom stereocenters. The van der Waals surface area contributed by atoms with Gasteiger partial charge in [0.05, 0.1) is 22.8 Å². The molecule has 1 N–H and O–H groups in total. The first-order valence-electron chi connectivity index (χ1n) is 10.7. The molecule has 0 radical (unpaired) electrons. The molecule has 5 rings (SSSR count). The molecule has 3 aromatic carbocycles. The Balaban J connectivity index is 1.48. The number of ether oxygens (including phenoxy) is 1. The van der Waals surface area contributed by atoms with Gasteiger partial charge in [-0.1, -0.05) is 53.5 Å². The molecule has 1 fully saturated rings. The van der Waals surface area contributed by atoms with Gasteiger partial charge in [0.2, 0.25) is 0 Å². The Bertz CT molecular complexity index is 1400. The zero-order valence-corrected chi connectivity index (χ0v) is 20.9. The fraction of sp³-hybridized carbons (Fsp3) is 0.115. The lowest BCUT2D eigenvalue weighted by Gasteiger charge is -2.29. The Morgan fingerprint density at radius 1 is 1.00 bits per heavy atom. The Morgan fingerprint density at radius 2 is 1.71 bits per heavy atom. The minimum absolute atomic E-state index is 0.0720. The van der Waals surface area contributed by atoms with Gasteiger partial charge in [-0.05, 0) is 53.7 Å². The van der Waals surface area contributed by atoms with Gasteiger partial charge < -0.3 is 9.64 Å². The van der Waals surface area contributed by atoms with E-state index >= 15 is 0 Å². The summed E-state index contributed by atoms with van der Waals surface area (Å²) in [6.45, 7) is 1.60. The van der Waals surface area contributed by atoms with Crippen LogP contribution >= 0.6 is 35.4 Å². The highest BCUT2D eigenvalue weighted by Gasteiger charge is 2.36. The summed E-state index contributed by atoms with van der Waals surface area (Å²) in [6.07, 6.45) is 1.49. The highest BCUT2D eigenvalue weighted by Crippen LogP contribution is 2.36. The molecule has 2 aliphatic heterocycles. The number of nitrogens with zero attached hydrogens (tertiary/aromatic N) is 2. The van der Waals surface area contributed by atoms with Crippen LogP contribution in [0.5, 0.6) is 5.75 Å². The number of nitrogens with one attached hydrogen (secondary N) is 1. The summed E-state index contributed by atoms with van der Waals surface area (Å²) >= 11 is 17.7. The van der Waals surface area contributed by atoms with Crippen molar-refractivity contribution in [2.24, 2.45) is 0 Å². The lowest BCUT2D eigenvalue weighted by molar-refractivity contribution is -0.122. The molecule has 9 heteroatoms. The van der Waals surface area contributed by atoms with Crippen LogP contribution in [-0.2, 0) is 22.7 Å². The van der Waals surface area contributed by atoms with Crippen molar-refractivity contribution >= 4 is 69.8 Å². The molecule has 6 nitrogen and oxygen atoms in total. The van der Waals surface area contributed by atoms with Crippen LogP contribution in [0.25, 0.3) is 6.08 Å². The van der Waals surface area contributed by atoms with Crippen LogP contribution in [0.15, 0.2) is 66.2 Å². The van der Waals surface area contributed by atoms with Gasteiger partial charge in [-0.2, -0.15) is 0 Å². The normalized spacial score (nSPS) is 16.5. The van der Waals surface area contributed by atoms with Crippen LogP contribution in [0, 0.1) is 0 Å². The van der Waals surface area contributed by atoms with E-state index in [0.29, 0.717) is 11.3 Å². The topological polar surface area (TPSA) is 61.9 Å². The second-order valence-corrected chi connectivity index (χ2v) is 9.25. The van der Waals surface area contributed by atoms with Crippen molar-refractivity contribution in [3.8, 4) is 5.75 Å². The Labute approximate surface area is 217 Å². The molecule has 0 spiro atoms. The fourth-order valence-electron chi connectivity index (χ4n) is 4.23. The lowest BCUT2D eigenvalue weighted by atomic mass is 10.1. The van der Waals surface area contributed by atoms with E-state index in [9.17, 15) is 9.59 Å². The highest BCUT2D eigenvalue weighted by atomic mass is 35.5. The number of hydrogen-bond donors (Lipinski definition) is 1. The molecule has 0 saturated carbocycles. The van der Waals surface area contributed by atoms with E-state index in [0.717, 1.165) is 18.8 Å². The highest BCUT2D eigenvalue weighted by molar-refractivity contribution is 7.80. The van der Waals surface area contributed by atoms with Gasteiger partial charge in [0.1, 0.15) is 11.3 Å². The number of benzene rings is 3. The summed E-state index contributed by atoms with van der Waals surface area (Å²) in [5.41, 5.74) is 4.32. The third-order valence-electron chi connectivity index (χ3n) is 6.00. The maximum Gasteiger partial charge on any atom is 0.270 e. The third kappa shape index (κ3) is 4.27. The van der Waals surface area contributed by atoms with Crippen molar-refractivity contribution in [1.29, 1.82) is 0 Å². The second-order valence-electron chi connectivity index (χ2n) is 8.08. The van der Waals surface area contributed by atoms with Crippen molar-refractivity contribution in [3.05, 3.63) is 93.0 Å². The molecule has 0 aliphatic carbocycles. The maximum absolute atomic E-state index is 13.4. The van der Waals surface area contributed by atoms with E-state index in [2.05, 4.69) is 22.3 Å². The first-order valence-corrected chi connectivity index (χ1v) is 11.9. The zero-order valence-electron chi connectivity index (χ0n) is 18.5. The molecule has 176 valence electrons. The molecule has 1 saturated heterocycles. The quantitative estimate of drug-likeness (QED) is 0.283. The second kappa shape index (κ2) is 9.34. The summed E-state index contributed by atoms with van der Waals surface area (Å²) < 4.78 is 5.61. The number of anilines is 2. The maximum atomic E-state index is 13.4. The molecule has 35 heavy (non-hydrogen) atoms. The summed E-state index contributed by atoms with van der Waals surface area (Å²) in [4.78, 5) is 29.5. The van der Waals surface area contributed by atoms with Gasteiger partial charge in [-0.15, -0.1) is 0 Å². The average Bonchev–Trinajstić information content (AvgIpc) is 3.28. The van der Waals surface area contributed by atoms with Gasteiger partial charge in [-0.25, -0.2) is 0 Å². The third-order valence-corrected chi connectivity index (χ3v) is 7.09. The minimum atomic E-state index is -0.607. The van der Waals surface area contributed by atoms with Gasteiger partial charge in [0.25, 0.3) is 11.8 Å². The number of amides is 2. The molecule has 0 bridgehead atoms. The summed E-state index contributed by atoms with van der Waals surface area (Å²) in [7, 11) is 1.55. The van der Waals surface area contributed by atoms with Gasteiger partial charge >= 0.3 is 0 Å². The predicted molar refractivity (Wildman–Crippen MR) is 142 cm³/mol. The van der Waals surface area contributed by atoms with Gasteiger partial charge in [0, 0.05) is 30.4 Å². The van der Waals surface area contributed by atoms with Crippen molar-refractivity contribution in [1.82, 2.24) is 5.32 Å². The summed E-state index contributed by atoms with van der Waals surface area (Å²) in [5.74, 6) is -0.674. The Morgan fingerprint density at radius 3 is 2.40 bits per heavy atom. The number of fused-ring (bicyclic) bond motifs is 1. The van der Waals surface area contributed by atoms with Crippen LogP contribution in [0.4, 0.5) is 11.4 Å². The molecular formula is C26H19Cl2N3O3S. The van der Waals surface area contributed by atoms with E-state index in [-0.39, 0.29) is 26.4 Å². The standard InChI is InChI=1S/C26H19Cl2N3O3S/c1-34-22-12-18(30-13-16-5-2-3-6-17(16)14-30)10-9-15(22)11-19-24(32)29-26(35)31(25(19)33)21-8-4-7-20(27)23(21)28/h2-12H,13-14H2,1H3,(H,29,32,35)/b19-11+. The van der Waals surface area contributed by atoms with Crippen LogP contribution in [0.3, 0.4) is 0 Å². The van der Waals surface area contributed by atoms with Crippen LogP contribution < -0.4 is 19.9 Å². The molecule has 2 heterocycles. The summed E-state index contributed by atoms with van der Waals surface area (Å²) in [6, 6.07) is 18.9. The van der Waals surface area contributed by atoms with E-state index in [4.69, 9.17) is 40.2 Å². The van der Waals surface area contributed by atoms with E-state index < -0.39 is 11.8 Å². The molecule has 2 aliphatic rings. The van der Waals surface area contributed by atoms with Crippen LogP contribution in [0.1, 0.15) is 16.7 Å². The lowest BCUT2D eigenvalue weighted by Crippen LogP contribution is -2.54. The number of methoxy groups -OCH3 is 1. The van der Waals surface area contributed by atoms with Crippen LogP contribution in [0.2, 0.25) is 10.0 Å². The van der Waals surface area contributed by atoms with E-state index in [1.165, 1.54) is 22.1 Å². The number of hydrogen-bond acceptors (Lipinski definition) is 5. The predicted octanol–water partition coefficient (Wildman–Crippen LogP) is 5.35. The first kappa shape index (κ1) is 23.4. The smallest absolute Gasteiger partial charge is 0.270 e. The minimum Gasteiger partial charge on any atom is -0.496 e. The SMILES string of the molecule is COc1cc(N2Cc3ccccc3C2)ccc1/C=C1\C(=O)NC(=S)N(c2cccc(Cl)c2Cl)C1=O. The Hall–Kier alpha value is -3.39. The number of thiocarbonyl (C=S) groups is 1. The molecule has 2 amide bonds. The fourth-order valence-corrected chi connectivity index (χ4v) is 4.88. The molecule has 3 aromatic rings. The average molecular weight is 524 g/mol. The number of rotatable bonds is 4. The molecule has 0 atom stereocenters. The molecular weight excluding hydrogens is 505 g/mol. The first-order chi connectivity index (χ1) is 16.9. The van der Waals surface area contributed by atoms with Gasteiger partial charge in [-0.3, -0.25) is 19.8 Å². The number of carbonyl (C=O) groups excluding carboxylic acids is 2. The largest absolute Gasteiger partial charge is 0.496 e. The van der Waals surface area contributed by atoms with Crippen molar-refractivity contribution < 1.29 is 14.3 Å². The van der Waals surface area contributed by atoms with Crippen LogP contribution in [-0.4, -0.2) is 24.0 Å². The monoisotopic (exact) mass is 523 g/mol. The molecule has 0 aromatic heterocycles. The van der Waals surface area contributed by atoms with Crippen molar-refractivity contribution in [2.45, 2.75) is 13.1 Å². The van der Waals surface area contributed by atoms with E-state index in [1.807, 2.05) is 30.3 Å². The van der Waals surface area contributed by atoms with Crippen molar-refractivity contribution in [3.63, 3.8) is 0 Å². The zero-order chi connectivity index (χ0) is 24.7. The number of halogens is 2. The van der Waals surface area contributed by atoms with Crippen molar-refractivity contribution in [2.75, 3.05) is 16.9 Å².